The van der Waals surface area contributed by atoms with Crippen LogP contribution >= 0.6 is 0 Å². The number of amides is 1. The number of alkyl halides is 3. The fourth-order valence-electron chi connectivity index (χ4n) is 1.98. The van der Waals surface area contributed by atoms with Gasteiger partial charge >= 0.3 is 12.1 Å². The molecule has 2 rings (SSSR count). The summed E-state index contributed by atoms with van der Waals surface area (Å²) in [4.78, 5) is 23.9. The van der Waals surface area contributed by atoms with E-state index in [-0.39, 0.29) is 11.4 Å². The van der Waals surface area contributed by atoms with Crippen molar-refractivity contribution in [3.63, 3.8) is 0 Å². The molecule has 0 aromatic heterocycles. The van der Waals surface area contributed by atoms with E-state index in [1.165, 1.54) is 12.1 Å². The summed E-state index contributed by atoms with van der Waals surface area (Å²) in [6.45, 7) is 0. The van der Waals surface area contributed by atoms with E-state index in [4.69, 9.17) is 0 Å². The molecule has 0 atom stereocenters. The lowest BCUT2D eigenvalue weighted by molar-refractivity contribution is -0.138. The van der Waals surface area contributed by atoms with E-state index in [1.807, 2.05) is 0 Å². The zero-order chi connectivity index (χ0) is 19.2. The van der Waals surface area contributed by atoms with Crippen molar-refractivity contribution < 1.29 is 27.5 Å². The quantitative estimate of drug-likeness (QED) is 0.629. The molecule has 2 N–H and O–H groups in total. The smallest absolute Gasteiger partial charge is 0.416 e. The largest absolute Gasteiger partial charge is 0.464 e. The van der Waals surface area contributed by atoms with Gasteiger partial charge in [0.1, 0.15) is 5.70 Å². The summed E-state index contributed by atoms with van der Waals surface area (Å²) in [6.07, 6.45) is -3.42. The lowest BCUT2D eigenvalue weighted by atomic mass is 10.2. The van der Waals surface area contributed by atoms with Crippen LogP contribution in [0.25, 0.3) is 0 Å². The zero-order valence-electron chi connectivity index (χ0n) is 13.6. The second-order valence-electron chi connectivity index (χ2n) is 5.09. The van der Waals surface area contributed by atoms with E-state index < -0.39 is 23.6 Å². The number of carbonyl (C=O) groups excluding carboxylic acids is 2. The Bertz CT molecular complexity index is 818. The van der Waals surface area contributed by atoms with Crippen molar-refractivity contribution in [2.75, 3.05) is 12.4 Å². The molecule has 0 bridgehead atoms. The van der Waals surface area contributed by atoms with Gasteiger partial charge in [0.05, 0.1) is 12.7 Å². The minimum absolute atomic E-state index is 0.0928. The molecule has 5 nitrogen and oxygen atoms in total. The van der Waals surface area contributed by atoms with Crippen LogP contribution < -0.4 is 10.6 Å². The van der Waals surface area contributed by atoms with Gasteiger partial charge in [0.2, 0.25) is 0 Å². The highest BCUT2D eigenvalue weighted by Gasteiger charge is 2.30. The normalized spacial score (nSPS) is 11.6. The standard InChI is InChI=1S/C18H15F3N2O3/c1-26-17(25)15(23-16(24)12-6-3-2-4-7-12)11-22-14-9-5-8-13(10-14)18(19,20)21/h2-11,22H,1H3,(H,23,24)/b15-11+. The van der Waals surface area contributed by atoms with E-state index in [0.29, 0.717) is 5.56 Å². The molecule has 0 saturated heterocycles. The summed E-state index contributed by atoms with van der Waals surface area (Å²) >= 11 is 0. The number of esters is 1. The Hall–Kier alpha value is -3.29. The summed E-state index contributed by atoms with van der Waals surface area (Å²) < 4.78 is 42.8. The van der Waals surface area contributed by atoms with Crippen molar-refractivity contribution >= 4 is 17.6 Å². The molecular formula is C18H15F3N2O3. The van der Waals surface area contributed by atoms with Crippen LogP contribution in [0.2, 0.25) is 0 Å². The van der Waals surface area contributed by atoms with Crippen molar-refractivity contribution in [3.05, 3.63) is 77.6 Å². The van der Waals surface area contributed by atoms with E-state index in [1.54, 1.807) is 30.3 Å². The lowest BCUT2D eigenvalue weighted by Gasteiger charge is -2.11. The van der Waals surface area contributed by atoms with E-state index in [2.05, 4.69) is 15.4 Å². The van der Waals surface area contributed by atoms with Crippen LogP contribution in [0.15, 0.2) is 66.5 Å². The van der Waals surface area contributed by atoms with Gasteiger partial charge in [0.15, 0.2) is 0 Å². The van der Waals surface area contributed by atoms with Gasteiger partial charge in [-0.3, -0.25) is 4.79 Å². The predicted molar refractivity (Wildman–Crippen MR) is 89.1 cm³/mol. The van der Waals surface area contributed by atoms with Crippen LogP contribution in [0.4, 0.5) is 18.9 Å². The van der Waals surface area contributed by atoms with Gasteiger partial charge in [-0.1, -0.05) is 24.3 Å². The minimum atomic E-state index is -4.49. The summed E-state index contributed by atoms with van der Waals surface area (Å²) in [5.74, 6) is -1.41. The molecule has 0 aliphatic rings. The van der Waals surface area contributed by atoms with Gasteiger partial charge in [-0.15, -0.1) is 0 Å². The maximum atomic E-state index is 12.7. The molecule has 1 amide bonds. The summed E-state index contributed by atoms with van der Waals surface area (Å²) in [7, 11) is 1.12. The molecule has 0 aliphatic carbocycles. The van der Waals surface area contributed by atoms with Gasteiger partial charge < -0.3 is 15.4 Å². The van der Waals surface area contributed by atoms with Gasteiger partial charge in [-0.05, 0) is 30.3 Å². The highest BCUT2D eigenvalue weighted by Crippen LogP contribution is 2.30. The monoisotopic (exact) mass is 364 g/mol. The first-order valence-corrected chi connectivity index (χ1v) is 7.40. The maximum Gasteiger partial charge on any atom is 0.416 e. The number of anilines is 1. The number of rotatable bonds is 5. The zero-order valence-corrected chi connectivity index (χ0v) is 13.6. The third-order valence-electron chi connectivity index (χ3n) is 3.26. The molecule has 0 radical (unpaired) electrons. The number of nitrogens with one attached hydrogen (secondary N) is 2. The first-order valence-electron chi connectivity index (χ1n) is 7.40. The Morgan fingerprint density at radius 3 is 2.35 bits per heavy atom. The second-order valence-corrected chi connectivity index (χ2v) is 5.09. The Morgan fingerprint density at radius 2 is 1.73 bits per heavy atom. The Kier molecular flexibility index (Phi) is 6.00. The van der Waals surface area contributed by atoms with Crippen LogP contribution in [0.3, 0.4) is 0 Å². The second kappa shape index (κ2) is 8.19. The van der Waals surface area contributed by atoms with Gasteiger partial charge in [0.25, 0.3) is 5.91 Å². The van der Waals surface area contributed by atoms with Gasteiger partial charge in [-0.2, -0.15) is 13.2 Å². The molecule has 0 fully saturated rings. The molecule has 136 valence electrons. The fraction of sp³-hybridized carbons (Fsp3) is 0.111. The highest BCUT2D eigenvalue weighted by atomic mass is 19.4. The number of benzene rings is 2. The molecule has 0 heterocycles. The average molecular weight is 364 g/mol. The summed E-state index contributed by atoms with van der Waals surface area (Å²) in [6, 6.07) is 12.5. The fourth-order valence-corrected chi connectivity index (χ4v) is 1.98. The Labute approximate surface area is 147 Å². The number of carbonyl (C=O) groups is 2. The molecule has 8 heteroatoms. The van der Waals surface area contributed by atoms with Crippen molar-refractivity contribution in [2.24, 2.45) is 0 Å². The van der Waals surface area contributed by atoms with Crippen molar-refractivity contribution in [1.82, 2.24) is 5.32 Å². The predicted octanol–water partition coefficient (Wildman–Crippen LogP) is 3.56. The molecule has 26 heavy (non-hydrogen) atoms. The minimum Gasteiger partial charge on any atom is -0.464 e. The van der Waals surface area contributed by atoms with Crippen LogP contribution in [0, 0.1) is 0 Å². The highest BCUT2D eigenvalue weighted by molar-refractivity contribution is 6.01. The molecule has 0 unspecified atom stereocenters. The Morgan fingerprint density at radius 1 is 1.04 bits per heavy atom. The lowest BCUT2D eigenvalue weighted by Crippen LogP contribution is -2.28. The molecule has 2 aromatic rings. The van der Waals surface area contributed by atoms with E-state index >= 15 is 0 Å². The first-order chi connectivity index (χ1) is 12.3. The molecule has 0 saturated carbocycles. The topological polar surface area (TPSA) is 67.4 Å². The molecule has 2 aromatic carbocycles. The SMILES string of the molecule is COC(=O)/C(=C\Nc1cccc(C(F)(F)F)c1)NC(=O)c1ccccc1. The summed E-state index contributed by atoms with van der Waals surface area (Å²) in [5, 5.41) is 4.91. The number of hydrogen-bond donors (Lipinski definition) is 2. The van der Waals surface area contributed by atoms with Crippen molar-refractivity contribution in [3.8, 4) is 0 Å². The van der Waals surface area contributed by atoms with Crippen LogP contribution in [0.1, 0.15) is 15.9 Å². The summed E-state index contributed by atoms with van der Waals surface area (Å²) in [5.41, 5.74) is -0.695. The maximum absolute atomic E-state index is 12.7. The Balaban J connectivity index is 2.19. The third-order valence-corrected chi connectivity index (χ3v) is 3.26. The molecule has 0 aliphatic heterocycles. The third kappa shape index (κ3) is 5.10. The number of ether oxygens (including phenoxy) is 1. The van der Waals surface area contributed by atoms with E-state index in [9.17, 15) is 22.8 Å². The van der Waals surface area contributed by atoms with Crippen molar-refractivity contribution in [1.29, 1.82) is 0 Å². The van der Waals surface area contributed by atoms with Crippen molar-refractivity contribution in [2.45, 2.75) is 6.18 Å². The number of halogens is 3. The average Bonchev–Trinajstić information content (AvgIpc) is 2.64. The van der Waals surface area contributed by atoms with Crippen LogP contribution in [-0.4, -0.2) is 19.0 Å². The molecular weight excluding hydrogens is 349 g/mol. The molecule has 0 spiro atoms. The van der Waals surface area contributed by atoms with Crippen LogP contribution in [-0.2, 0) is 15.7 Å². The first kappa shape index (κ1) is 19.0. The van der Waals surface area contributed by atoms with E-state index in [0.717, 1.165) is 25.4 Å². The van der Waals surface area contributed by atoms with Crippen LogP contribution in [0.5, 0.6) is 0 Å². The number of hydrogen-bond acceptors (Lipinski definition) is 4. The number of methoxy groups -OCH3 is 1. The van der Waals surface area contributed by atoms with Gasteiger partial charge in [-0.25, -0.2) is 4.79 Å². The van der Waals surface area contributed by atoms with Gasteiger partial charge in [0, 0.05) is 17.5 Å².